The van der Waals surface area contributed by atoms with Crippen LogP contribution in [-0.2, 0) is 0 Å². The van der Waals surface area contributed by atoms with E-state index >= 15 is 0 Å². The molecule has 0 aromatic carbocycles. The molecule has 2 atom stereocenters. The summed E-state index contributed by atoms with van der Waals surface area (Å²) in [6.07, 6.45) is 5.89. The summed E-state index contributed by atoms with van der Waals surface area (Å²) < 4.78 is 0. The fourth-order valence-corrected chi connectivity index (χ4v) is 4.42. The molecule has 0 radical (unpaired) electrons. The second kappa shape index (κ2) is 3.86. The van der Waals surface area contributed by atoms with E-state index in [1.807, 2.05) is 0 Å². The Morgan fingerprint density at radius 3 is 2.47 bits per heavy atom. The van der Waals surface area contributed by atoms with Gasteiger partial charge in [-0.25, -0.2) is 0 Å². The van der Waals surface area contributed by atoms with E-state index in [1.165, 1.54) is 24.8 Å². The van der Waals surface area contributed by atoms with Crippen molar-refractivity contribution in [2.24, 2.45) is 27.8 Å². The van der Waals surface area contributed by atoms with E-state index in [-0.39, 0.29) is 10.8 Å². The highest BCUT2D eigenvalue weighted by Crippen LogP contribution is 2.59. The van der Waals surface area contributed by atoms with Crippen molar-refractivity contribution in [3.05, 3.63) is 11.6 Å². The number of nitrogens with zero attached hydrogens (tertiary/aromatic N) is 1. The van der Waals surface area contributed by atoms with Crippen LogP contribution < -0.4 is 0 Å². The molecule has 0 aromatic rings. The molecule has 2 nitrogen and oxygen atoms in total. The molecular weight excluding hydrogens is 210 g/mol. The van der Waals surface area contributed by atoms with Gasteiger partial charge in [0.2, 0.25) is 0 Å². The molecule has 0 heterocycles. The maximum absolute atomic E-state index is 9.29. The first-order chi connectivity index (χ1) is 7.83. The predicted molar refractivity (Wildman–Crippen MR) is 71.4 cm³/mol. The van der Waals surface area contributed by atoms with E-state index in [1.54, 1.807) is 0 Å². The molecule has 2 aliphatic rings. The lowest BCUT2D eigenvalue weighted by Crippen LogP contribution is -2.44. The summed E-state index contributed by atoms with van der Waals surface area (Å²) in [5.41, 5.74) is 2.82. The fourth-order valence-electron chi connectivity index (χ4n) is 4.42. The maximum atomic E-state index is 9.29. The van der Waals surface area contributed by atoms with Crippen LogP contribution in [0.2, 0.25) is 0 Å². The van der Waals surface area contributed by atoms with Crippen LogP contribution in [0.3, 0.4) is 0 Å². The van der Waals surface area contributed by atoms with E-state index in [0.717, 1.165) is 5.71 Å². The molecule has 0 bridgehead atoms. The summed E-state index contributed by atoms with van der Waals surface area (Å²) in [6.45, 7) is 11.5. The number of hydrogen-bond acceptors (Lipinski definition) is 2. The van der Waals surface area contributed by atoms with Crippen molar-refractivity contribution >= 4 is 5.71 Å². The van der Waals surface area contributed by atoms with Crippen LogP contribution in [0, 0.1) is 22.7 Å². The summed E-state index contributed by atoms with van der Waals surface area (Å²) in [4.78, 5) is 0. The molecule has 2 rings (SSSR count). The highest BCUT2D eigenvalue weighted by Gasteiger charge is 2.54. The van der Waals surface area contributed by atoms with Gasteiger partial charge in [-0.3, -0.25) is 0 Å². The van der Waals surface area contributed by atoms with Crippen LogP contribution in [0.1, 0.15) is 53.9 Å². The molecule has 0 spiro atoms. The highest BCUT2D eigenvalue weighted by molar-refractivity contribution is 6.01. The first-order valence-corrected chi connectivity index (χ1v) is 6.77. The van der Waals surface area contributed by atoms with Gasteiger partial charge in [0.15, 0.2) is 0 Å². The smallest absolute Gasteiger partial charge is 0.0840 e. The van der Waals surface area contributed by atoms with Crippen molar-refractivity contribution in [2.45, 2.75) is 53.9 Å². The van der Waals surface area contributed by atoms with Gasteiger partial charge in [0.1, 0.15) is 0 Å². The second-order valence-corrected chi connectivity index (χ2v) is 6.97. The molecule has 2 heteroatoms. The molecule has 1 saturated carbocycles. The standard InChI is InChI=1S/C15H25NO/c1-10(2)11-9-12(16-17)13-14(3,4)7-6-8-15(11,13)5/h9-10,13,17H,6-8H2,1-5H3/b16-12-/t13-,15-/m0/s1. The Balaban J connectivity index is 2.50. The average molecular weight is 235 g/mol. The Bertz CT molecular complexity index is 378. The monoisotopic (exact) mass is 235 g/mol. The molecule has 96 valence electrons. The maximum Gasteiger partial charge on any atom is 0.0840 e. The Hall–Kier alpha value is -0.790. The molecular formula is C15H25NO. The van der Waals surface area contributed by atoms with Crippen molar-refractivity contribution in [3.63, 3.8) is 0 Å². The first kappa shape index (κ1) is 12.7. The number of oxime groups is 1. The summed E-state index contributed by atoms with van der Waals surface area (Å²) in [5.74, 6) is 0.918. The van der Waals surface area contributed by atoms with Crippen LogP contribution >= 0.6 is 0 Å². The second-order valence-electron chi connectivity index (χ2n) is 6.97. The van der Waals surface area contributed by atoms with Gasteiger partial charge in [-0.05, 0) is 35.7 Å². The quantitative estimate of drug-likeness (QED) is 0.535. The predicted octanol–water partition coefficient (Wildman–Crippen LogP) is 4.25. The summed E-state index contributed by atoms with van der Waals surface area (Å²) in [5, 5.41) is 12.9. The van der Waals surface area contributed by atoms with Gasteiger partial charge in [0.05, 0.1) is 5.71 Å². The number of fused-ring (bicyclic) bond motifs is 1. The molecule has 0 amide bonds. The molecule has 0 unspecified atom stereocenters. The Morgan fingerprint density at radius 2 is 1.94 bits per heavy atom. The minimum absolute atomic E-state index is 0.206. The van der Waals surface area contributed by atoms with E-state index in [2.05, 4.69) is 45.9 Å². The lowest BCUT2D eigenvalue weighted by Gasteiger charge is -2.49. The van der Waals surface area contributed by atoms with Crippen molar-refractivity contribution in [1.29, 1.82) is 0 Å². The Morgan fingerprint density at radius 1 is 1.29 bits per heavy atom. The third-order valence-electron chi connectivity index (χ3n) is 4.93. The van der Waals surface area contributed by atoms with Crippen LogP contribution in [0.5, 0.6) is 0 Å². The molecule has 2 aliphatic carbocycles. The average Bonchev–Trinajstić information content (AvgIpc) is 2.51. The molecule has 0 aliphatic heterocycles. The van der Waals surface area contributed by atoms with Crippen molar-refractivity contribution in [3.8, 4) is 0 Å². The van der Waals surface area contributed by atoms with Gasteiger partial charge >= 0.3 is 0 Å². The first-order valence-electron chi connectivity index (χ1n) is 6.77. The van der Waals surface area contributed by atoms with E-state index < -0.39 is 0 Å². The van der Waals surface area contributed by atoms with Gasteiger partial charge < -0.3 is 5.21 Å². The summed E-state index contributed by atoms with van der Waals surface area (Å²) in [7, 11) is 0. The number of allylic oxidation sites excluding steroid dienone is 2. The Kier molecular flexibility index (Phi) is 2.87. The van der Waals surface area contributed by atoms with Gasteiger partial charge in [0, 0.05) is 5.92 Å². The SMILES string of the molecule is CC(C)C1=C/C(=N/O)[C@H]2C(C)(C)CCC[C@@]12C. The van der Waals surface area contributed by atoms with E-state index in [9.17, 15) is 5.21 Å². The topological polar surface area (TPSA) is 32.6 Å². The van der Waals surface area contributed by atoms with Gasteiger partial charge in [-0.1, -0.05) is 51.8 Å². The minimum atomic E-state index is 0.206. The summed E-state index contributed by atoms with van der Waals surface area (Å²) in [6, 6.07) is 0. The van der Waals surface area contributed by atoms with Crippen molar-refractivity contribution in [1.82, 2.24) is 0 Å². The van der Waals surface area contributed by atoms with Gasteiger partial charge in [0.25, 0.3) is 0 Å². The van der Waals surface area contributed by atoms with Crippen LogP contribution in [0.4, 0.5) is 0 Å². The van der Waals surface area contributed by atoms with E-state index in [0.29, 0.717) is 11.8 Å². The normalized spacial score (nSPS) is 38.4. The van der Waals surface area contributed by atoms with Gasteiger partial charge in [-0.15, -0.1) is 0 Å². The van der Waals surface area contributed by atoms with Crippen LogP contribution in [-0.4, -0.2) is 10.9 Å². The molecule has 1 N–H and O–H groups in total. The van der Waals surface area contributed by atoms with Gasteiger partial charge in [-0.2, -0.15) is 0 Å². The number of rotatable bonds is 1. The zero-order valence-corrected chi connectivity index (χ0v) is 11.7. The third-order valence-corrected chi connectivity index (χ3v) is 4.93. The van der Waals surface area contributed by atoms with Crippen molar-refractivity contribution < 1.29 is 5.21 Å². The van der Waals surface area contributed by atoms with Crippen molar-refractivity contribution in [2.75, 3.05) is 0 Å². The molecule has 17 heavy (non-hydrogen) atoms. The Labute approximate surface area is 105 Å². The lowest BCUT2D eigenvalue weighted by molar-refractivity contribution is 0.0761. The zero-order valence-electron chi connectivity index (χ0n) is 11.7. The number of hydrogen-bond donors (Lipinski definition) is 1. The fraction of sp³-hybridized carbons (Fsp3) is 0.800. The summed E-state index contributed by atoms with van der Waals surface area (Å²) >= 11 is 0. The minimum Gasteiger partial charge on any atom is -0.411 e. The van der Waals surface area contributed by atoms with E-state index in [4.69, 9.17) is 0 Å². The molecule has 0 aromatic heterocycles. The molecule has 1 fully saturated rings. The van der Waals surface area contributed by atoms with Crippen LogP contribution in [0.25, 0.3) is 0 Å². The third kappa shape index (κ3) is 1.73. The highest BCUT2D eigenvalue weighted by atomic mass is 16.4. The lowest BCUT2D eigenvalue weighted by atomic mass is 9.55. The van der Waals surface area contributed by atoms with Crippen LogP contribution in [0.15, 0.2) is 16.8 Å². The zero-order chi connectivity index (χ0) is 12.8. The molecule has 0 saturated heterocycles. The largest absolute Gasteiger partial charge is 0.411 e.